The average Bonchev–Trinajstić information content (AvgIpc) is 2.15. The second-order valence-corrected chi connectivity index (χ2v) is 2.58. The number of pyridine rings is 1. The van der Waals surface area contributed by atoms with Crippen LogP contribution in [0.4, 0.5) is 0 Å². The molecule has 14 heavy (non-hydrogen) atoms. The number of aromatic nitrogens is 1. The molecule has 0 aliphatic carbocycles. The summed E-state index contributed by atoms with van der Waals surface area (Å²) in [5.74, 6) is 5.22. The van der Waals surface area contributed by atoms with Crippen molar-refractivity contribution < 1.29 is 9.90 Å². The number of carbonyl (C=O) groups is 1. The lowest BCUT2D eigenvalue weighted by Gasteiger charge is -1.93. The van der Waals surface area contributed by atoms with Gasteiger partial charge in [0.15, 0.2) is 5.69 Å². The van der Waals surface area contributed by atoms with Gasteiger partial charge in [0, 0.05) is 13.1 Å². The number of carbonyl (C=O) groups excluding carboxylic acids is 1. The Morgan fingerprint density at radius 2 is 2.50 bits per heavy atom. The van der Waals surface area contributed by atoms with Crippen molar-refractivity contribution in [2.75, 3.05) is 6.54 Å². The minimum atomic E-state index is -0.135. The summed E-state index contributed by atoms with van der Waals surface area (Å²) in [5, 5.41) is 11.8. The molecule has 1 heterocycles. The molecule has 0 aromatic carbocycles. The van der Waals surface area contributed by atoms with E-state index >= 15 is 0 Å². The molecule has 0 aliphatic rings. The van der Waals surface area contributed by atoms with Gasteiger partial charge in [-0.05, 0) is 18.1 Å². The molecule has 1 aromatic rings. The van der Waals surface area contributed by atoms with Gasteiger partial charge in [0.1, 0.15) is 5.75 Å². The molecular formula is C10H10N2O2. The number of hydrogen-bond donors (Lipinski definition) is 2. The van der Waals surface area contributed by atoms with Crippen molar-refractivity contribution in [1.29, 1.82) is 0 Å². The Hall–Kier alpha value is -2.02. The van der Waals surface area contributed by atoms with Crippen LogP contribution in [-0.2, 0) is 4.79 Å². The van der Waals surface area contributed by atoms with E-state index in [1.807, 2.05) is 0 Å². The van der Waals surface area contributed by atoms with Crippen LogP contribution in [0.2, 0.25) is 0 Å². The molecule has 0 spiro atoms. The first-order valence-electron chi connectivity index (χ1n) is 4.07. The maximum atomic E-state index is 10.5. The van der Waals surface area contributed by atoms with Gasteiger partial charge in [-0.15, -0.1) is 0 Å². The fourth-order valence-electron chi connectivity index (χ4n) is 0.790. The van der Waals surface area contributed by atoms with Crippen molar-refractivity contribution >= 4 is 5.91 Å². The summed E-state index contributed by atoms with van der Waals surface area (Å²) in [6, 6.07) is 3.13. The molecule has 1 rings (SSSR count). The monoisotopic (exact) mass is 190 g/mol. The molecule has 0 radical (unpaired) electrons. The summed E-state index contributed by atoms with van der Waals surface area (Å²) in [6.07, 6.45) is 1.54. The molecule has 1 amide bonds. The molecule has 0 aliphatic heterocycles. The molecular weight excluding hydrogens is 180 g/mol. The summed E-state index contributed by atoms with van der Waals surface area (Å²) in [6.45, 7) is 1.67. The van der Waals surface area contributed by atoms with Gasteiger partial charge in [0.2, 0.25) is 5.91 Å². The lowest BCUT2D eigenvalue weighted by molar-refractivity contribution is -0.118. The van der Waals surface area contributed by atoms with E-state index < -0.39 is 0 Å². The van der Waals surface area contributed by atoms with Gasteiger partial charge in [-0.1, -0.05) is 5.92 Å². The van der Waals surface area contributed by atoms with E-state index in [9.17, 15) is 9.90 Å². The molecule has 0 unspecified atom stereocenters. The Bertz CT molecular complexity index is 391. The zero-order chi connectivity index (χ0) is 10.4. The smallest absolute Gasteiger partial charge is 0.217 e. The molecule has 0 bridgehead atoms. The highest BCUT2D eigenvalue weighted by Gasteiger charge is 1.94. The van der Waals surface area contributed by atoms with E-state index in [-0.39, 0.29) is 18.2 Å². The normalized spacial score (nSPS) is 8.64. The second-order valence-electron chi connectivity index (χ2n) is 2.58. The van der Waals surface area contributed by atoms with Crippen molar-refractivity contribution in [3.63, 3.8) is 0 Å². The third-order valence-corrected chi connectivity index (χ3v) is 1.42. The lowest BCUT2D eigenvalue weighted by atomic mass is 10.3. The van der Waals surface area contributed by atoms with Crippen LogP contribution >= 0.6 is 0 Å². The summed E-state index contributed by atoms with van der Waals surface area (Å²) in [7, 11) is 0. The van der Waals surface area contributed by atoms with Gasteiger partial charge in [-0.2, -0.15) is 0 Å². The van der Waals surface area contributed by atoms with Gasteiger partial charge in [-0.3, -0.25) is 4.79 Å². The standard InChI is InChI=1S/C10H10N2O2/c1-8(13)11-6-2-4-9-10(14)5-3-7-12-9/h3,5,7,14H,6H2,1H3,(H,11,13). The minimum Gasteiger partial charge on any atom is -0.505 e. The van der Waals surface area contributed by atoms with Crippen molar-refractivity contribution in [3.8, 4) is 17.6 Å². The molecule has 72 valence electrons. The fourth-order valence-corrected chi connectivity index (χ4v) is 0.790. The van der Waals surface area contributed by atoms with Crippen LogP contribution < -0.4 is 5.32 Å². The van der Waals surface area contributed by atoms with Gasteiger partial charge < -0.3 is 10.4 Å². The minimum absolute atomic E-state index is 0.0443. The Morgan fingerprint density at radius 3 is 3.14 bits per heavy atom. The summed E-state index contributed by atoms with van der Waals surface area (Å²) < 4.78 is 0. The third kappa shape index (κ3) is 3.15. The van der Waals surface area contributed by atoms with Gasteiger partial charge >= 0.3 is 0 Å². The highest BCUT2D eigenvalue weighted by atomic mass is 16.3. The van der Waals surface area contributed by atoms with Crippen LogP contribution in [0.3, 0.4) is 0 Å². The Balaban J connectivity index is 2.59. The highest BCUT2D eigenvalue weighted by Crippen LogP contribution is 2.09. The average molecular weight is 190 g/mol. The Kier molecular flexibility index (Phi) is 3.50. The van der Waals surface area contributed by atoms with E-state index in [0.717, 1.165) is 0 Å². The van der Waals surface area contributed by atoms with Crippen LogP contribution in [0.15, 0.2) is 18.3 Å². The Morgan fingerprint density at radius 1 is 1.71 bits per heavy atom. The van der Waals surface area contributed by atoms with Crippen molar-refractivity contribution in [3.05, 3.63) is 24.0 Å². The molecule has 4 heteroatoms. The quantitative estimate of drug-likeness (QED) is 0.625. The van der Waals surface area contributed by atoms with E-state index in [0.29, 0.717) is 5.69 Å². The van der Waals surface area contributed by atoms with Gasteiger partial charge in [-0.25, -0.2) is 4.98 Å². The number of aromatic hydroxyl groups is 1. The predicted octanol–water partition coefficient (Wildman–Crippen LogP) is 0.275. The SMILES string of the molecule is CC(=O)NCC#Cc1ncccc1O. The summed E-state index contributed by atoms with van der Waals surface area (Å²) in [4.78, 5) is 14.3. The van der Waals surface area contributed by atoms with Crippen LogP contribution in [0.5, 0.6) is 5.75 Å². The molecule has 2 N–H and O–H groups in total. The predicted molar refractivity (Wildman–Crippen MR) is 51.5 cm³/mol. The second kappa shape index (κ2) is 4.87. The van der Waals surface area contributed by atoms with Gasteiger partial charge in [0.05, 0.1) is 6.54 Å². The third-order valence-electron chi connectivity index (χ3n) is 1.42. The number of hydrogen-bond acceptors (Lipinski definition) is 3. The molecule has 0 atom stereocenters. The van der Waals surface area contributed by atoms with Crippen molar-refractivity contribution in [2.45, 2.75) is 6.92 Å². The zero-order valence-electron chi connectivity index (χ0n) is 7.74. The number of rotatable bonds is 1. The van der Waals surface area contributed by atoms with E-state index in [4.69, 9.17) is 0 Å². The maximum Gasteiger partial charge on any atom is 0.217 e. The first-order valence-corrected chi connectivity index (χ1v) is 4.07. The van der Waals surface area contributed by atoms with Crippen molar-refractivity contribution in [2.24, 2.45) is 0 Å². The van der Waals surface area contributed by atoms with E-state index in [1.54, 1.807) is 12.3 Å². The van der Waals surface area contributed by atoms with E-state index in [1.165, 1.54) is 13.0 Å². The highest BCUT2D eigenvalue weighted by molar-refractivity contribution is 5.73. The molecule has 0 saturated heterocycles. The molecule has 0 saturated carbocycles. The summed E-state index contributed by atoms with van der Waals surface area (Å²) >= 11 is 0. The van der Waals surface area contributed by atoms with Gasteiger partial charge in [0.25, 0.3) is 0 Å². The van der Waals surface area contributed by atoms with E-state index in [2.05, 4.69) is 22.1 Å². The maximum absolute atomic E-state index is 10.5. The lowest BCUT2D eigenvalue weighted by Crippen LogP contribution is -2.19. The topological polar surface area (TPSA) is 62.2 Å². The first-order chi connectivity index (χ1) is 6.70. The largest absolute Gasteiger partial charge is 0.505 e. The molecule has 4 nitrogen and oxygen atoms in total. The molecule has 0 fully saturated rings. The summed E-state index contributed by atoms with van der Waals surface area (Å²) in [5.41, 5.74) is 0.317. The molecule has 1 aromatic heterocycles. The number of nitrogens with one attached hydrogen (secondary N) is 1. The van der Waals surface area contributed by atoms with Crippen LogP contribution in [0, 0.1) is 11.8 Å². The zero-order valence-corrected chi connectivity index (χ0v) is 7.74. The number of amides is 1. The van der Waals surface area contributed by atoms with Crippen LogP contribution in [0.1, 0.15) is 12.6 Å². The number of nitrogens with zero attached hydrogens (tertiary/aromatic N) is 1. The van der Waals surface area contributed by atoms with Crippen molar-refractivity contribution in [1.82, 2.24) is 10.3 Å². The fraction of sp³-hybridized carbons (Fsp3) is 0.200. The van der Waals surface area contributed by atoms with Crippen LogP contribution in [0.25, 0.3) is 0 Å². The first kappa shape index (κ1) is 10.1. The Labute approximate surface area is 82.0 Å². The van der Waals surface area contributed by atoms with Crippen LogP contribution in [-0.4, -0.2) is 22.5 Å².